The molecule has 2 atom stereocenters. The lowest BCUT2D eigenvalue weighted by molar-refractivity contribution is -0.138. The zero-order valence-corrected chi connectivity index (χ0v) is 19.3. The molecular formula is C26H27NO5S. The zero-order chi connectivity index (χ0) is 23.4. The third kappa shape index (κ3) is 5.10. The summed E-state index contributed by atoms with van der Waals surface area (Å²) in [4.78, 5) is 12.1. The van der Waals surface area contributed by atoms with Gasteiger partial charge in [-0.3, -0.25) is 8.86 Å². The molecule has 0 saturated heterocycles. The van der Waals surface area contributed by atoms with Crippen molar-refractivity contribution in [3.8, 4) is 0 Å². The van der Waals surface area contributed by atoms with Crippen molar-refractivity contribution in [3.63, 3.8) is 0 Å². The first-order chi connectivity index (χ1) is 16.0. The Balaban J connectivity index is 1.55. The summed E-state index contributed by atoms with van der Waals surface area (Å²) in [7, 11) is 0. The maximum Gasteiger partial charge on any atom is 0.327 e. The first-order valence-electron chi connectivity index (χ1n) is 11.1. The molecule has 2 N–H and O–H groups in total. The summed E-state index contributed by atoms with van der Waals surface area (Å²) in [6, 6.07) is 19.8. The molecule has 1 aromatic heterocycles. The van der Waals surface area contributed by atoms with E-state index in [4.69, 9.17) is 4.42 Å². The minimum absolute atomic E-state index is 0.239. The fourth-order valence-electron chi connectivity index (χ4n) is 4.23. The lowest BCUT2D eigenvalue weighted by Crippen LogP contribution is -2.42. The quantitative estimate of drug-likeness (QED) is 0.282. The summed E-state index contributed by atoms with van der Waals surface area (Å²) < 4.78 is 29.2. The van der Waals surface area contributed by atoms with E-state index in [1.54, 1.807) is 18.2 Å². The van der Waals surface area contributed by atoms with Crippen LogP contribution in [-0.2, 0) is 28.9 Å². The molecule has 6 nitrogen and oxygen atoms in total. The van der Waals surface area contributed by atoms with Gasteiger partial charge in [-0.15, -0.1) is 0 Å². The predicted octanol–water partition coefficient (Wildman–Crippen LogP) is 5.96. The van der Waals surface area contributed by atoms with Gasteiger partial charge in [-0.1, -0.05) is 55.8 Å². The lowest BCUT2D eigenvalue weighted by atomic mass is 10.0. The number of carboxylic acids is 1. The monoisotopic (exact) mass is 465 g/mol. The topological polar surface area (TPSA) is 91.0 Å². The number of carbonyl (C=O) groups is 1. The Bertz CT molecular complexity index is 1280. The van der Waals surface area contributed by atoms with Crippen molar-refractivity contribution in [1.29, 1.82) is 0 Å². The summed E-state index contributed by atoms with van der Waals surface area (Å²) in [5.41, 5.74) is 4.13. The third-order valence-electron chi connectivity index (χ3n) is 5.86. The molecule has 0 saturated carbocycles. The molecule has 7 heteroatoms. The van der Waals surface area contributed by atoms with Gasteiger partial charge >= 0.3 is 5.97 Å². The van der Waals surface area contributed by atoms with Gasteiger partial charge in [0.05, 0.1) is 5.69 Å². The van der Waals surface area contributed by atoms with Gasteiger partial charge in [-0.2, -0.15) is 0 Å². The molecule has 0 bridgehead atoms. The van der Waals surface area contributed by atoms with E-state index in [2.05, 4.69) is 31.2 Å². The van der Waals surface area contributed by atoms with Gasteiger partial charge in [0.25, 0.3) is 11.3 Å². The molecule has 2 unspecified atom stereocenters. The van der Waals surface area contributed by atoms with Crippen LogP contribution in [0.2, 0.25) is 0 Å². The number of benzene rings is 3. The summed E-state index contributed by atoms with van der Waals surface area (Å²) >= 11 is -2.50. The lowest BCUT2D eigenvalue weighted by Gasteiger charge is -2.27. The molecule has 0 aliphatic rings. The Kier molecular flexibility index (Phi) is 7.11. The van der Waals surface area contributed by atoms with Gasteiger partial charge in [-0.25, -0.2) is 9.00 Å². The van der Waals surface area contributed by atoms with Crippen LogP contribution < -0.4 is 4.31 Å². The summed E-state index contributed by atoms with van der Waals surface area (Å²) in [5.74, 6) is -1.13. The zero-order valence-electron chi connectivity index (χ0n) is 18.4. The van der Waals surface area contributed by atoms with E-state index in [0.29, 0.717) is 29.7 Å². The Morgan fingerprint density at radius 2 is 1.64 bits per heavy atom. The second-order valence-electron chi connectivity index (χ2n) is 8.15. The molecule has 3 aromatic carbocycles. The van der Waals surface area contributed by atoms with Crippen molar-refractivity contribution < 1.29 is 23.1 Å². The highest BCUT2D eigenvalue weighted by atomic mass is 32.2. The molecule has 0 spiro atoms. The van der Waals surface area contributed by atoms with E-state index in [1.807, 2.05) is 24.3 Å². The average Bonchev–Trinajstić information content (AvgIpc) is 3.17. The predicted molar refractivity (Wildman–Crippen MR) is 132 cm³/mol. The maximum absolute atomic E-state index is 12.3. The van der Waals surface area contributed by atoms with E-state index in [1.165, 1.54) is 5.56 Å². The SMILES string of the molecule is CCCc1ccc(CCCC(C(=O)O)N(c2ccc3oc4ccccc4c3c2)S(=O)O)cc1. The number of anilines is 1. The molecule has 172 valence electrons. The van der Waals surface area contributed by atoms with E-state index in [9.17, 15) is 18.7 Å². The van der Waals surface area contributed by atoms with Crippen molar-refractivity contribution in [2.75, 3.05) is 4.31 Å². The van der Waals surface area contributed by atoms with Crippen LogP contribution in [0.25, 0.3) is 21.9 Å². The summed E-state index contributed by atoms with van der Waals surface area (Å²) in [6.07, 6.45) is 3.65. The number of hydrogen-bond acceptors (Lipinski definition) is 3. The van der Waals surface area contributed by atoms with Crippen molar-refractivity contribution in [3.05, 3.63) is 77.9 Å². The van der Waals surface area contributed by atoms with Crippen LogP contribution in [0.15, 0.2) is 71.1 Å². The summed E-state index contributed by atoms with van der Waals surface area (Å²) in [5, 5.41) is 11.5. The molecule has 33 heavy (non-hydrogen) atoms. The largest absolute Gasteiger partial charge is 0.480 e. The van der Waals surface area contributed by atoms with Crippen molar-refractivity contribution >= 4 is 44.9 Å². The molecule has 0 aliphatic carbocycles. The van der Waals surface area contributed by atoms with E-state index < -0.39 is 23.3 Å². The number of carboxylic acid groups (broad SMARTS) is 1. The minimum atomic E-state index is -2.50. The van der Waals surface area contributed by atoms with Crippen molar-refractivity contribution in [2.45, 2.75) is 45.1 Å². The van der Waals surface area contributed by atoms with E-state index in [0.717, 1.165) is 33.5 Å². The van der Waals surface area contributed by atoms with Gasteiger partial charge < -0.3 is 9.52 Å². The van der Waals surface area contributed by atoms with Crippen LogP contribution in [0.4, 0.5) is 5.69 Å². The number of rotatable bonds is 10. The first kappa shape index (κ1) is 23.0. The molecule has 1 heterocycles. The van der Waals surface area contributed by atoms with Gasteiger partial charge in [0.1, 0.15) is 17.2 Å². The first-order valence-corrected chi connectivity index (χ1v) is 12.2. The number of para-hydroxylation sites is 1. The normalized spacial score (nSPS) is 13.3. The van der Waals surface area contributed by atoms with E-state index in [-0.39, 0.29) is 6.42 Å². The molecule has 4 rings (SSSR count). The van der Waals surface area contributed by atoms with Crippen LogP contribution in [0.1, 0.15) is 37.3 Å². The third-order valence-corrected chi connectivity index (χ3v) is 6.66. The number of nitrogens with zero attached hydrogens (tertiary/aromatic N) is 1. The van der Waals surface area contributed by atoms with E-state index >= 15 is 0 Å². The highest BCUT2D eigenvalue weighted by molar-refractivity contribution is 7.80. The van der Waals surface area contributed by atoms with Gasteiger partial charge in [-0.05, 0) is 61.1 Å². The Morgan fingerprint density at radius 3 is 2.30 bits per heavy atom. The summed E-state index contributed by atoms with van der Waals surface area (Å²) in [6.45, 7) is 2.14. The number of aliphatic carboxylic acids is 1. The fraction of sp³-hybridized carbons (Fsp3) is 0.269. The Labute approximate surface area is 195 Å². The number of hydrogen-bond donors (Lipinski definition) is 2. The second kappa shape index (κ2) is 10.2. The number of aryl methyl sites for hydroxylation is 2. The van der Waals surface area contributed by atoms with Gasteiger partial charge in [0, 0.05) is 10.8 Å². The molecule has 0 amide bonds. The average molecular weight is 466 g/mol. The standard InChI is InChI=1S/C26H27NO5S/c1-2-6-18-11-13-19(14-12-18)7-5-9-23(26(28)29)27(33(30)31)20-15-16-25-22(17-20)21-8-3-4-10-24(21)32-25/h3-4,8,10-17,23H,2,5-7,9H2,1H3,(H,28,29)(H,30,31). The molecule has 0 radical (unpaired) electrons. The van der Waals surface area contributed by atoms with Crippen LogP contribution >= 0.6 is 0 Å². The molecule has 0 fully saturated rings. The smallest absolute Gasteiger partial charge is 0.327 e. The maximum atomic E-state index is 12.3. The Morgan fingerprint density at radius 1 is 0.970 bits per heavy atom. The number of fused-ring (bicyclic) bond motifs is 3. The Hall–Kier alpha value is -3.16. The van der Waals surface area contributed by atoms with Crippen LogP contribution in [0.3, 0.4) is 0 Å². The fourth-order valence-corrected chi connectivity index (χ4v) is 4.94. The van der Waals surface area contributed by atoms with Gasteiger partial charge in [0.2, 0.25) is 0 Å². The van der Waals surface area contributed by atoms with Crippen molar-refractivity contribution in [1.82, 2.24) is 0 Å². The van der Waals surface area contributed by atoms with Crippen LogP contribution in [0, 0.1) is 0 Å². The minimum Gasteiger partial charge on any atom is -0.480 e. The highest BCUT2D eigenvalue weighted by Gasteiger charge is 2.30. The van der Waals surface area contributed by atoms with Crippen LogP contribution in [0.5, 0.6) is 0 Å². The molecule has 4 aromatic rings. The second-order valence-corrected chi connectivity index (χ2v) is 9.00. The van der Waals surface area contributed by atoms with Crippen molar-refractivity contribution in [2.24, 2.45) is 0 Å². The van der Waals surface area contributed by atoms with Gasteiger partial charge in [0.15, 0.2) is 0 Å². The van der Waals surface area contributed by atoms with Crippen LogP contribution in [-0.4, -0.2) is 25.9 Å². The highest BCUT2D eigenvalue weighted by Crippen LogP contribution is 2.33. The molecular weight excluding hydrogens is 438 g/mol. The number of furan rings is 1. The molecule has 0 aliphatic heterocycles.